The molecule has 1 aromatic rings. The molecule has 4 heteroatoms. The van der Waals surface area contributed by atoms with E-state index in [1.54, 1.807) is 4.68 Å². The molecule has 1 heterocycles. The van der Waals surface area contributed by atoms with Crippen LogP contribution < -0.4 is 11.2 Å². The Bertz CT molecular complexity index is 368. The fourth-order valence-electron chi connectivity index (χ4n) is 1.42. The normalized spacial score (nSPS) is 13.6. The average Bonchev–Trinajstić information content (AvgIpc) is 2.46. The molecule has 1 atom stereocenters. The second kappa shape index (κ2) is 4.29. The van der Waals surface area contributed by atoms with E-state index in [0.717, 1.165) is 11.4 Å². The minimum absolute atomic E-state index is 0.157. The maximum absolute atomic E-state index is 11.9. The molecule has 1 unspecified atom stereocenters. The molecular formula is C12H21N3O. The van der Waals surface area contributed by atoms with Crippen molar-refractivity contribution in [2.24, 2.45) is 11.1 Å². The number of hydrogen-bond donors (Lipinski definition) is 2. The number of aryl methyl sites for hydroxylation is 2. The van der Waals surface area contributed by atoms with Gasteiger partial charge in [0, 0.05) is 11.4 Å². The van der Waals surface area contributed by atoms with E-state index >= 15 is 0 Å². The molecule has 0 aliphatic carbocycles. The van der Waals surface area contributed by atoms with Gasteiger partial charge in [-0.15, -0.1) is 0 Å². The predicted molar refractivity (Wildman–Crippen MR) is 65.7 cm³/mol. The lowest BCUT2D eigenvalue weighted by molar-refractivity contribution is -0.120. The SMILES string of the molecule is Cc1ccc(C)n1NC(=O)C(N)C(C)(C)C. The predicted octanol–water partition coefficient (Wildman–Crippen LogP) is 1.55. The van der Waals surface area contributed by atoms with Crippen LogP contribution in [0.3, 0.4) is 0 Å². The highest BCUT2D eigenvalue weighted by Crippen LogP contribution is 2.17. The smallest absolute Gasteiger partial charge is 0.256 e. The molecule has 0 aliphatic heterocycles. The largest absolute Gasteiger partial charge is 0.319 e. The van der Waals surface area contributed by atoms with Crippen molar-refractivity contribution in [2.75, 3.05) is 5.43 Å². The molecular weight excluding hydrogens is 202 g/mol. The molecule has 0 saturated carbocycles. The van der Waals surface area contributed by atoms with Crippen LogP contribution in [-0.4, -0.2) is 16.6 Å². The van der Waals surface area contributed by atoms with Crippen molar-refractivity contribution in [3.63, 3.8) is 0 Å². The zero-order valence-corrected chi connectivity index (χ0v) is 10.7. The Labute approximate surface area is 96.8 Å². The highest BCUT2D eigenvalue weighted by atomic mass is 16.2. The van der Waals surface area contributed by atoms with Gasteiger partial charge in [-0.25, -0.2) is 0 Å². The molecule has 0 radical (unpaired) electrons. The van der Waals surface area contributed by atoms with Gasteiger partial charge in [0.25, 0.3) is 5.91 Å². The van der Waals surface area contributed by atoms with Crippen molar-refractivity contribution in [3.8, 4) is 0 Å². The van der Waals surface area contributed by atoms with Gasteiger partial charge in [0.15, 0.2) is 0 Å². The van der Waals surface area contributed by atoms with Crippen molar-refractivity contribution < 1.29 is 4.79 Å². The number of aromatic nitrogens is 1. The van der Waals surface area contributed by atoms with Gasteiger partial charge in [0.05, 0.1) is 6.04 Å². The zero-order valence-electron chi connectivity index (χ0n) is 10.7. The van der Waals surface area contributed by atoms with Gasteiger partial charge >= 0.3 is 0 Å². The van der Waals surface area contributed by atoms with E-state index in [4.69, 9.17) is 5.73 Å². The maximum atomic E-state index is 11.9. The summed E-state index contributed by atoms with van der Waals surface area (Å²) >= 11 is 0. The summed E-state index contributed by atoms with van der Waals surface area (Å²) < 4.78 is 1.76. The molecule has 90 valence electrons. The Kier molecular flexibility index (Phi) is 3.43. The van der Waals surface area contributed by atoms with E-state index in [2.05, 4.69) is 5.43 Å². The first-order valence-electron chi connectivity index (χ1n) is 5.45. The first-order valence-corrected chi connectivity index (χ1v) is 5.45. The second-order valence-corrected chi connectivity index (χ2v) is 5.27. The number of rotatable bonds is 2. The summed E-state index contributed by atoms with van der Waals surface area (Å²) in [6.45, 7) is 9.73. The number of nitrogens with zero attached hydrogens (tertiary/aromatic N) is 1. The molecule has 0 bridgehead atoms. The fraction of sp³-hybridized carbons (Fsp3) is 0.583. The molecule has 0 fully saturated rings. The van der Waals surface area contributed by atoms with Gasteiger partial charge < -0.3 is 5.73 Å². The van der Waals surface area contributed by atoms with Crippen molar-refractivity contribution in [2.45, 2.75) is 40.7 Å². The van der Waals surface area contributed by atoms with Crippen molar-refractivity contribution in [1.82, 2.24) is 4.68 Å². The highest BCUT2D eigenvalue weighted by molar-refractivity contribution is 5.89. The quantitative estimate of drug-likeness (QED) is 0.799. The van der Waals surface area contributed by atoms with Crippen LogP contribution in [-0.2, 0) is 4.79 Å². The molecule has 4 nitrogen and oxygen atoms in total. The standard InChI is InChI=1S/C12H21N3O/c1-8-6-7-9(2)15(8)14-11(16)10(13)12(3,4)5/h6-7,10H,13H2,1-5H3,(H,14,16). The van der Waals surface area contributed by atoms with E-state index < -0.39 is 6.04 Å². The Morgan fingerprint density at radius 2 is 1.75 bits per heavy atom. The fourth-order valence-corrected chi connectivity index (χ4v) is 1.42. The lowest BCUT2D eigenvalue weighted by atomic mass is 9.87. The minimum Gasteiger partial charge on any atom is -0.319 e. The summed E-state index contributed by atoms with van der Waals surface area (Å²) in [4.78, 5) is 11.9. The van der Waals surface area contributed by atoms with Crippen LogP contribution in [0.4, 0.5) is 0 Å². The Hall–Kier alpha value is -1.29. The number of carbonyl (C=O) groups excluding carboxylic acids is 1. The van der Waals surface area contributed by atoms with Gasteiger partial charge in [0.2, 0.25) is 0 Å². The topological polar surface area (TPSA) is 60.0 Å². The number of hydrogen-bond acceptors (Lipinski definition) is 2. The molecule has 1 amide bonds. The van der Waals surface area contributed by atoms with E-state index in [1.165, 1.54) is 0 Å². The molecule has 1 rings (SSSR count). The van der Waals surface area contributed by atoms with Crippen LogP contribution in [0.5, 0.6) is 0 Å². The van der Waals surface area contributed by atoms with Gasteiger partial charge in [0.1, 0.15) is 0 Å². The first-order chi connectivity index (χ1) is 7.23. The summed E-state index contributed by atoms with van der Waals surface area (Å²) in [5, 5.41) is 0. The third kappa shape index (κ3) is 2.64. The van der Waals surface area contributed by atoms with Gasteiger partial charge in [-0.05, 0) is 31.4 Å². The summed E-state index contributed by atoms with van der Waals surface area (Å²) in [6.07, 6.45) is 0. The van der Waals surface area contributed by atoms with E-state index in [1.807, 2.05) is 46.8 Å². The van der Waals surface area contributed by atoms with Crippen LogP contribution in [0.25, 0.3) is 0 Å². The number of nitrogens with two attached hydrogens (primary N) is 1. The molecule has 0 aromatic carbocycles. The average molecular weight is 223 g/mol. The lowest BCUT2D eigenvalue weighted by Crippen LogP contribution is -2.47. The third-order valence-electron chi connectivity index (χ3n) is 2.71. The third-order valence-corrected chi connectivity index (χ3v) is 2.71. The molecule has 0 aliphatic rings. The number of carbonyl (C=O) groups is 1. The molecule has 3 N–H and O–H groups in total. The number of nitrogens with one attached hydrogen (secondary N) is 1. The van der Waals surface area contributed by atoms with E-state index in [-0.39, 0.29) is 11.3 Å². The summed E-state index contributed by atoms with van der Waals surface area (Å²) in [5.74, 6) is -0.157. The Morgan fingerprint density at radius 3 is 2.12 bits per heavy atom. The van der Waals surface area contributed by atoms with Crippen LogP contribution in [0.1, 0.15) is 32.2 Å². The van der Waals surface area contributed by atoms with Crippen LogP contribution in [0.15, 0.2) is 12.1 Å². The van der Waals surface area contributed by atoms with Gasteiger partial charge in [-0.2, -0.15) is 0 Å². The maximum Gasteiger partial charge on any atom is 0.256 e. The molecule has 1 aromatic heterocycles. The number of amides is 1. The van der Waals surface area contributed by atoms with Gasteiger partial charge in [-0.1, -0.05) is 20.8 Å². The highest BCUT2D eigenvalue weighted by Gasteiger charge is 2.27. The summed E-state index contributed by atoms with van der Waals surface area (Å²) in [6, 6.07) is 3.39. The lowest BCUT2D eigenvalue weighted by Gasteiger charge is -2.26. The molecule has 0 saturated heterocycles. The van der Waals surface area contributed by atoms with E-state index in [9.17, 15) is 4.79 Å². The van der Waals surface area contributed by atoms with Crippen LogP contribution in [0.2, 0.25) is 0 Å². The van der Waals surface area contributed by atoms with Crippen LogP contribution in [0, 0.1) is 19.3 Å². The van der Waals surface area contributed by atoms with E-state index in [0.29, 0.717) is 0 Å². The summed E-state index contributed by atoms with van der Waals surface area (Å²) in [7, 11) is 0. The monoisotopic (exact) mass is 223 g/mol. The van der Waals surface area contributed by atoms with Crippen molar-refractivity contribution in [3.05, 3.63) is 23.5 Å². The second-order valence-electron chi connectivity index (χ2n) is 5.27. The minimum atomic E-state index is -0.520. The summed E-state index contributed by atoms with van der Waals surface area (Å²) in [5.41, 5.74) is 10.5. The Balaban J connectivity index is 2.80. The first kappa shape index (κ1) is 12.8. The van der Waals surface area contributed by atoms with Crippen LogP contribution >= 0.6 is 0 Å². The van der Waals surface area contributed by atoms with Crippen molar-refractivity contribution in [1.29, 1.82) is 0 Å². The zero-order chi connectivity index (χ0) is 12.5. The molecule has 0 spiro atoms. The van der Waals surface area contributed by atoms with Crippen molar-refractivity contribution >= 4 is 5.91 Å². The van der Waals surface area contributed by atoms with Gasteiger partial charge in [-0.3, -0.25) is 14.9 Å². The Morgan fingerprint density at radius 1 is 1.31 bits per heavy atom. The molecule has 16 heavy (non-hydrogen) atoms.